The van der Waals surface area contributed by atoms with Crippen LogP contribution in [0.15, 0.2) is 12.7 Å². The van der Waals surface area contributed by atoms with Crippen LogP contribution in [-0.4, -0.2) is 44.1 Å². The van der Waals surface area contributed by atoms with Gasteiger partial charge in [0.15, 0.2) is 0 Å². The van der Waals surface area contributed by atoms with E-state index in [2.05, 4.69) is 33.0 Å². The highest BCUT2D eigenvalue weighted by Crippen LogP contribution is 1.93. The van der Waals surface area contributed by atoms with Gasteiger partial charge in [-0.25, -0.2) is 0 Å². The molecule has 1 unspecified atom stereocenters. The number of carbonyl (C=O) groups is 1. The topological polar surface area (TPSA) is 29.1 Å². The molecule has 3 heteroatoms. The Morgan fingerprint density at radius 2 is 2.08 bits per heavy atom. The Balaban J connectivity index is 3.82. The fraction of sp³-hybridized carbons (Fsp3) is 0.667. The van der Waals surface area contributed by atoms with Gasteiger partial charge in [0.25, 0.3) is 0 Å². The number of carbonyl (C=O) groups excluding carboxylic acids is 1. The molecule has 12 heavy (non-hydrogen) atoms. The predicted octanol–water partition coefficient (Wildman–Crippen LogP) is 0.383. The van der Waals surface area contributed by atoms with E-state index in [9.17, 15) is 4.79 Å². The Bertz CT molecular complexity index is 170. The van der Waals surface area contributed by atoms with Gasteiger partial charge in [-0.3, -0.25) is 4.79 Å². The van der Waals surface area contributed by atoms with Gasteiger partial charge in [0.05, 0.1) is 33.7 Å². The quantitative estimate of drug-likeness (QED) is 0.481. The molecule has 0 aromatic carbocycles. The molecule has 0 aliphatic carbocycles. The van der Waals surface area contributed by atoms with E-state index in [1.807, 2.05) is 6.92 Å². The zero-order valence-electron chi connectivity index (χ0n) is 8.42. The first-order chi connectivity index (χ1) is 5.35. The summed E-state index contributed by atoms with van der Waals surface area (Å²) in [6.07, 6.45) is 1.30. The highest BCUT2D eigenvalue weighted by molar-refractivity contribution is 5.87. The van der Waals surface area contributed by atoms with E-state index in [-0.39, 0.29) is 11.9 Å². The van der Waals surface area contributed by atoms with E-state index in [0.717, 1.165) is 11.0 Å². The van der Waals surface area contributed by atoms with Crippen molar-refractivity contribution in [2.24, 2.45) is 0 Å². The first kappa shape index (κ1) is 11.2. The van der Waals surface area contributed by atoms with Gasteiger partial charge in [-0.15, -0.1) is 0 Å². The number of quaternary nitrogens is 1. The van der Waals surface area contributed by atoms with Crippen molar-refractivity contribution in [2.45, 2.75) is 13.0 Å². The molecule has 0 radical (unpaired) electrons. The Kier molecular flexibility index (Phi) is 3.96. The minimum Gasteiger partial charge on any atom is -0.344 e. The molecule has 0 heterocycles. The number of likely N-dealkylation sites (N-methyl/N-ethyl adjacent to an activating group) is 1. The molecule has 70 valence electrons. The summed E-state index contributed by atoms with van der Waals surface area (Å²) in [6, 6.07) is 0.190. The normalized spacial score (nSPS) is 13.7. The minimum atomic E-state index is -0.101. The van der Waals surface area contributed by atoms with Gasteiger partial charge in [0.1, 0.15) is 0 Å². The minimum absolute atomic E-state index is 0.101. The molecule has 0 aromatic heterocycles. The summed E-state index contributed by atoms with van der Waals surface area (Å²) in [5.74, 6) is -0.101. The van der Waals surface area contributed by atoms with Crippen LogP contribution >= 0.6 is 0 Å². The van der Waals surface area contributed by atoms with Crippen LogP contribution in [0.2, 0.25) is 0 Å². The monoisotopic (exact) mass is 171 g/mol. The van der Waals surface area contributed by atoms with Gasteiger partial charge in [-0.1, -0.05) is 6.58 Å². The molecule has 3 nitrogen and oxygen atoms in total. The fourth-order valence-electron chi connectivity index (χ4n) is 1.17. The summed E-state index contributed by atoms with van der Waals surface area (Å²) in [5.41, 5.74) is 0. The van der Waals surface area contributed by atoms with E-state index in [0.29, 0.717) is 0 Å². The Hall–Kier alpha value is -0.830. The molecule has 0 saturated heterocycles. The summed E-state index contributed by atoms with van der Waals surface area (Å²) >= 11 is 0. The number of hydrogen-bond donors (Lipinski definition) is 1. The van der Waals surface area contributed by atoms with Crippen molar-refractivity contribution in [3.05, 3.63) is 12.7 Å². The van der Waals surface area contributed by atoms with Crippen LogP contribution in [-0.2, 0) is 4.79 Å². The number of hydrogen-bond acceptors (Lipinski definition) is 1. The number of rotatable bonds is 4. The van der Waals surface area contributed by atoms with Gasteiger partial charge in [0.2, 0.25) is 5.91 Å². The Labute approximate surface area is 74.7 Å². The second-order valence-corrected chi connectivity index (χ2v) is 4.09. The summed E-state index contributed by atoms with van der Waals surface area (Å²) in [7, 11) is 6.28. The fourth-order valence-corrected chi connectivity index (χ4v) is 1.17. The maximum atomic E-state index is 10.9. The number of nitrogens with one attached hydrogen (secondary N) is 1. The molecule has 0 rings (SSSR count). The average molecular weight is 171 g/mol. The second kappa shape index (κ2) is 4.26. The van der Waals surface area contributed by atoms with Crippen LogP contribution < -0.4 is 5.32 Å². The van der Waals surface area contributed by atoms with Crippen molar-refractivity contribution in [2.75, 3.05) is 27.7 Å². The molecule has 0 fully saturated rings. The number of amides is 1. The first-order valence-corrected chi connectivity index (χ1v) is 4.08. The maximum Gasteiger partial charge on any atom is 0.243 e. The van der Waals surface area contributed by atoms with Gasteiger partial charge < -0.3 is 9.80 Å². The van der Waals surface area contributed by atoms with Crippen LogP contribution in [0.3, 0.4) is 0 Å². The Morgan fingerprint density at radius 3 is 2.42 bits per heavy atom. The van der Waals surface area contributed by atoms with Crippen molar-refractivity contribution in [3.63, 3.8) is 0 Å². The van der Waals surface area contributed by atoms with E-state index < -0.39 is 0 Å². The summed E-state index contributed by atoms with van der Waals surface area (Å²) in [6.45, 7) is 6.30. The second-order valence-electron chi connectivity index (χ2n) is 4.09. The third-order valence-corrected chi connectivity index (χ3v) is 1.40. The van der Waals surface area contributed by atoms with E-state index in [1.165, 1.54) is 6.08 Å². The summed E-state index contributed by atoms with van der Waals surface area (Å²) in [5, 5.41) is 2.81. The average Bonchev–Trinajstić information content (AvgIpc) is 1.82. The number of nitrogens with zero attached hydrogens (tertiary/aromatic N) is 1. The predicted molar refractivity (Wildman–Crippen MR) is 50.7 cm³/mol. The molecule has 1 atom stereocenters. The van der Waals surface area contributed by atoms with Gasteiger partial charge in [-0.2, -0.15) is 0 Å². The SMILES string of the molecule is C=CC(=O)NC(C)C[N+](C)(C)C. The molecular formula is C9H19N2O+. The van der Waals surface area contributed by atoms with Crippen LogP contribution in [0.4, 0.5) is 0 Å². The molecule has 0 aromatic rings. The molecule has 0 spiro atoms. The lowest BCUT2D eigenvalue weighted by Gasteiger charge is -2.27. The molecule has 1 N–H and O–H groups in total. The molecule has 0 aliphatic heterocycles. The van der Waals surface area contributed by atoms with Gasteiger partial charge in [0, 0.05) is 0 Å². The standard InChI is InChI=1S/C9H18N2O/c1-6-9(12)10-8(2)7-11(3,4)5/h6,8H,1,7H2,2-5H3/p+1. The van der Waals surface area contributed by atoms with Crippen molar-refractivity contribution >= 4 is 5.91 Å². The lowest BCUT2D eigenvalue weighted by atomic mass is 10.3. The van der Waals surface area contributed by atoms with Crippen molar-refractivity contribution < 1.29 is 9.28 Å². The van der Waals surface area contributed by atoms with Crippen molar-refractivity contribution in [3.8, 4) is 0 Å². The molecule has 1 amide bonds. The highest BCUT2D eigenvalue weighted by Gasteiger charge is 2.13. The largest absolute Gasteiger partial charge is 0.344 e. The van der Waals surface area contributed by atoms with Crippen LogP contribution in [0.1, 0.15) is 6.92 Å². The maximum absolute atomic E-state index is 10.9. The lowest BCUT2D eigenvalue weighted by Crippen LogP contribution is -2.47. The molecule has 0 saturated carbocycles. The Morgan fingerprint density at radius 1 is 1.58 bits per heavy atom. The summed E-state index contributed by atoms with van der Waals surface area (Å²) < 4.78 is 0.846. The third-order valence-electron chi connectivity index (χ3n) is 1.40. The zero-order valence-corrected chi connectivity index (χ0v) is 8.42. The molecule has 0 aliphatic rings. The highest BCUT2D eigenvalue weighted by atomic mass is 16.1. The molecule has 0 bridgehead atoms. The van der Waals surface area contributed by atoms with E-state index in [1.54, 1.807) is 0 Å². The van der Waals surface area contributed by atoms with E-state index in [4.69, 9.17) is 0 Å². The van der Waals surface area contributed by atoms with E-state index >= 15 is 0 Å². The smallest absolute Gasteiger partial charge is 0.243 e. The van der Waals surface area contributed by atoms with Crippen LogP contribution in [0, 0.1) is 0 Å². The van der Waals surface area contributed by atoms with Crippen molar-refractivity contribution in [1.82, 2.24) is 5.32 Å². The van der Waals surface area contributed by atoms with Crippen LogP contribution in [0.5, 0.6) is 0 Å². The van der Waals surface area contributed by atoms with Gasteiger partial charge >= 0.3 is 0 Å². The van der Waals surface area contributed by atoms with Crippen molar-refractivity contribution in [1.29, 1.82) is 0 Å². The third kappa shape index (κ3) is 5.92. The zero-order chi connectivity index (χ0) is 9.78. The lowest BCUT2D eigenvalue weighted by molar-refractivity contribution is -0.871. The molecular weight excluding hydrogens is 152 g/mol. The van der Waals surface area contributed by atoms with Crippen LogP contribution in [0.25, 0.3) is 0 Å². The first-order valence-electron chi connectivity index (χ1n) is 4.08. The van der Waals surface area contributed by atoms with Gasteiger partial charge in [-0.05, 0) is 13.0 Å². The summed E-state index contributed by atoms with van der Waals surface area (Å²) in [4.78, 5) is 10.9.